The van der Waals surface area contributed by atoms with Crippen molar-refractivity contribution < 1.29 is 24.5 Å². The predicted molar refractivity (Wildman–Crippen MR) is 67.0 cm³/mol. The molecule has 2 atom stereocenters. The van der Waals surface area contributed by atoms with Crippen LogP contribution in [-0.4, -0.2) is 28.2 Å². The van der Waals surface area contributed by atoms with Gasteiger partial charge in [-0.2, -0.15) is 0 Å². The molecule has 3 N–H and O–H groups in total. The van der Waals surface area contributed by atoms with E-state index in [4.69, 9.17) is 9.84 Å². The minimum atomic E-state index is -1.97. The zero-order chi connectivity index (χ0) is 14.2. The average molecular weight is 265 g/mol. The van der Waals surface area contributed by atoms with Gasteiger partial charge in [0, 0.05) is 0 Å². The third-order valence-electron chi connectivity index (χ3n) is 3.25. The maximum absolute atomic E-state index is 11.5. The number of hydrogen-bond donors (Lipinski definition) is 3. The molecule has 6 nitrogen and oxygen atoms in total. The minimum absolute atomic E-state index is 0.0202. The van der Waals surface area contributed by atoms with Crippen LogP contribution in [0.2, 0.25) is 0 Å². The summed E-state index contributed by atoms with van der Waals surface area (Å²) in [4.78, 5) is 22.7. The number of hydrogen-bond acceptors (Lipinski definition) is 4. The summed E-state index contributed by atoms with van der Waals surface area (Å²) in [6.45, 7) is 3.19. The molecule has 0 bridgehead atoms. The third-order valence-corrected chi connectivity index (χ3v) is 3.25. The second-order valence-corrected chi connectivity index (χ2v) is 4.48. The van der Waals surface area contributed by atoms with Gasteiger partial charge in [0.1, 0.15) is 5.75 Å². The normalized spacial score (nSPS) is 20.8. The van der Waals surface area contributed by atoms with E-state index in [9.17, 15) is 14.7 Å². The van der Waals surface area contributed by atoms with Crippen molar-refractivity contribution in [2.24, 2.45) is 0 Å². The molecular formula is C13H15NO5. The van der Waals surface area contributed by atoms with E-state index in [0.717, 1.165) is 0 Å². The molecule has 1 aromatic rings. The fraction of sp³-hybridized carbons (Fsp3) is 0.385. The SMILES string of the molecule is CCC(O)(C(=O)O)c1ccc2c(c1)NC(=O)C(C)O2. The lowest BCUT2D eigenvalue weighted by Crippen LogP contribution is -2.37. The van der Waals surface area contributed by atoms with Crippen molar-refractivity contribution in [2.75, 3.05) is 5.32 Å². The molecule has 1 aliphatic rings. The van der Waals surface area contributed by atoms with E-state index in [2.05, 4.69) is 5.32 Å². The molecule has 102 valence electrons. The van der Waals surface area contributed by atoms with Crippen LogP contribution in [0.3, 0.4) is 0 Å². The Morgan fingerprint density at radius 1 is 1.53 bits per heavy atom. The molecule has 0 spiro atoms. The predicted octanol–water partition coefficient (Wildman–Crippen LogP) is 1.09. The Bertz CT molecular complexity index is 542. The van der Waals surface area contributed by atoms with Gasteiger partial charge in [0.05, 0.1) is 5.69 Å². The largest absolute Gasteiger partial charge is 0.479 e. The monoisotopic (exact) mass is 265 g/mol. The van der Waals surface area contributed by atoms with Crippen molar-refractivity contribution >= 4 is 17.6 Å². The van der Waals surface area contributed by atoms with Gasteiger partial charge in [-0.05, 0) is 31.0 Å². The standard InChI is InChI=1S/C13H15NO5/c1-3-13(18,12(16)17)8-4-5-10-9(6-8)14-11(15)7(2)19-10/h4-7,18H,3H2,1-2H3,(H,14,15)(H,16,17). The minimum Gasteiger partial charge on any atom is -0.479 e. The number of carbonyl (C=O) groups excluding carboxylic acids is 1. The van der Waals surface area contributed by atoms with Crippen LogP contribution in [0.15, 0.2) is 18.2 Å². The number of amides is 1. The number of nitrogens with one attached hydrogen (secondary N) is 1. The van der Waals surface area contributed by atoms with Crippen molar-refractivity contribution in [3.05, 3.63) is 23.8 Å². The van der Waals surface area contributed by atoms with Crippen LogP contribution in [0.5, 0.6) is 5.75 Å². The number of rotatable bonds is 3. The summed E-state index contributed by atoms with van der Waals surface area (Å²) >= 11 is 0. The van der Waals surface area contributed by atoms with Crippen LogP contribution in [0.4, 0.5) is 5.69 Å². The van der Waals surface area contributed by atoms with E-state index in [0.29, 0.717) is 11.4 Å². The number of benzene rings is 1. The lowest BCUT2D eigenvalue weighted by molar-refractivity contribution is -0.160. The molecule has 19 heavy (non-hydrogen) atoms. The average Bonchev–Trinajstić information content (AvgIpc) is 2.38. The molecule has 6 heteroatoms. The third kappa shape index (κ3) is 2.15. The topological polar surface area (TPSA) is 95.9 Å². The number of aliphatic hydroxyl groups is 1. The lowest BCUT2D eigenvalue weighted by Gasteiger charge is -2.27. The van der Waals surface area contributed by atoms with E-state index in [-0.39, 0.29) is 17.9 Å². The fourth-order valence-electron chi connectivity index (χ4n) is 1.94. The molecule has 2 rings (SSSR count). The molecule has 0 radical (unpaired) electrons. The number of ether oxygens (including phenoxy) is 1. The maximum Gasteiger partial charge on any atom is 0.340 e. The Hall–Kier alpha value is -2.08. The molecule has 1 aliphatic heterocycles. The smallest absolute Gasteiger partial charge is 0.340 e. The van der Waals surface area contributed by atoms with Gasteiger partial charge in [0.2, 0.25) is 0 Å². The lowest BCUT2D eigenvalue weighted by atomic mass is 9.90. The van der Waals surface area contributed by atoms with Gasteiger partial charge < -0.3 is 20.3 Å². The second-order valence-electron chi connectivity index (χ2n) is 4.48. The highest BCUT2D eigenvalue weighted by molar-refractivity contribution is 5.97. The second kappa shape index (κ2) is 4.55. The van der Waals surface area contributed by atoms with E-state index in [1.807, 2.05) is 0 Å². The van der Waals surface area contributed by atoms with Crippen LogP contribution in [0, 0.1) is 0 Å². The van der Waals surface area contributed by atoms with Gasteiger partial charge in [-0.15, -0.1) is 0 Å². The first kappa shape index (κ1) is 13.4. The number of anilines is 1. The molecule has 0 aromatic heterocycles. The number of aliphatic carboxylic acids is 1. The van der Waals surface area contributed by atoms with E-state index in [1.165, 1.54) is 12.1 Å². The van der Waals surface area contributed by atoms with E-state index >= 15 is 0 Å². The van der Waals surface area contributed by atoms with E-state index < -0.39 is 17.7 Å². The first-order chi connectivity index (χ1) is 8.88. The molecule has 0 saturated heterocycles. The molecule has 2 unspecified atom stereocenters. The van der Waals surface area contributed by atoms with Crippen LogP contribution in [-0.2, 0) is 15.2 Å². The summed E-state index contributed by atoms with van der Waals surface area (Å²) in [5, 5.41) is 21.9. The maximum atomic E-state index is 11.5. The summed E-state index contributed by atoms with van der Waals surface area (Å²) in [6.07, 6.45) is -0.574. The molecule has 1 heterocycles. The molecular weight excluding hydrogens is 250 g/mol. The van der Waals surface area contributed by atoms with Gasteiger partial charge in [-0.1, -0.05) is 13.0 Å². The number of fused-ring (bicyclic) bond motifs is 1. The van der Waals surface area contributed by atoms with Gasteiger partial charge in [-0.3, -0.25) is 4.79 Å². The summed E-state index contributed by atoms with van der Waals surface area (Å²) < 4.78 is 5.36. The quantitative estimate of drug-likeness (QED) is 0.760. The van der Waals surface area contributed by atoms with Crippen molar-refractivity contribution in [1.82, 2.24) is 0 Å². The number of carboxylic acid groups (broad SMARTS) is 1. The van der Waals surface area contributed by atoms with Gasteiger partial charge in [-0.25, -0.2) is 4.79 Å². The molecule has 0 aliphatic carbocycles. The fourth-order valence-corrected chi connectivity index (χ4v) is 1.94. The highest BCUT2D eigenvalue weighted by Crippen LogP contribution is 2.35. The summed E-state index contributed by atoms with van der Waals surface area (Å²) in [5.74, 6) is -1.17. The Balaban J connectivity index is 2.44. The van der Waals surface area contributed by atoms with Crippen molar-refractivity contribution in [1.29, 1.82) is 0 Å². The van der Waals surface area contributed by atoms with E-state index in [1.54, 1.807) is 19.9 Å². The molecule has 1 amide bonds. The molecule has 0 fully saturated rings. The zero-order valence-corrected chi connectivity index (χ0v) is 10.6. The van der Waals surface area contributed by atoms with Gasteiger partial charge in [0.15, 0.2) is 11.7 Å². The number of carboxylic acids is 1. The van der Waals surface area contributed by atoms with Gasteiger partial charge >= 0.3 is 5.97 Å². The van der Waals surface area contributed by atoms with Crippen LogP contribution in [0.1, 0.15) is 25.8 Å². The Morgan fingerprint density at radius 2 is 2.21 bits per heavy atom. The van der Waals surface area contributed by atoms with Crippen LogP contribution < -0.4 is 10.1 Å². The Morgan fingerprint density at radius 3 is 2.79 bits per heavy atom. The summed E-state index contributed by atoms with van der Waals surface area (Å²) in [5.41, 5.74) is -1.39. The van der Waals surface area contributed by atoms with Crippen molar-refractivity contribution in [3.63, 3.8) is 0 Å². The Labute approximate surface area is 110 Å². The van der Waals surface area contributed by atoms with Crippen molar-refractivity contribution in [2.45, 2.75) is 32.0 Å². The first-order valence-electron chi connectivity index (χ1n) is 5.96. The summed E-state index contributed by atoms with van der Waals surface area (Å²) in [6, 6.07) is 4.46. The molecule has 1 aromatic carbocycles. The Kier molecular flexibility index (Phi) is 3.20. The van der Waals surface area contributed by atoms with Gasteiger partial charge in [0.25, 0.3) is 5.91 Å². The van der Waals surface area contributed by atoms with Crippen molar-refractivity contribution in [3.8, 4) is 5.75 Å². The zero-order valence-electron chi connectivity index (χ0n) is 10.6. The molecule has 0 saturated carbocycles. The highest BCUT2D eigenvalue weighted by atomic mass is 16.5. The highest BCUT2D eigenvalue weighted by Gasteiger charge is 2.37. The number of carbonyl (C=O) groups is 2. The first-order valence-corrected chi connectivity index (χ1v) is 5.96. The van der Waals surface area contributed by atoms with Crippen LogP contribution in [0.25, 0.3) is 0 Å². The summed E-state index contributed by atoms with van der Waals surface area (Å²) in [7, 11) is 0. The van der Waals surface area contributed by atoms with Crippen LogP contribution >= 0.6 is 0 Å².